The lowest BCUT2D eigenvalue weighted by Gasteiger charge is -2.23. The van der Waals surface area contributed by atoms with Gasteiger partial charge in [-0.15, -0.1) is 0 Å². The van der Waals surface area contributed by atoms with Gasteiger partial charge in [-0.2, -0.15) is 0 Å². The quantitative estimate of drug-likeness (QED) is 0.853. The molecule has 0 amide bonds. The number of benzene rings is 1. The van der Waals surface area contributed by atoms with Gasteiger partial charge in [0, 0.05) is 0 Å². The molecule has 1 aliphatic rings. The van der Waals surface area contributed by atoms with E-state index in [1.165, 1.54) is 49.9 Å². The topological polar surface area (TPSA) is 12.0 Å². The Balaban J connectivity index is 1.90. The number of rotatable bonds is 3. The average molecular weight is 245 g/mol. The van der Waals surface area contributed by atoms with Gasteiger partial charge in [-0.25, -0.2) is 0 Å². The Hall–Kier alpha value is -0.820. The van der Waals surface area contributed by atoms with Crippen molar-refractivity contribution in [3.8, 4) is 0 Å². The summed E-state index contributed by atoms with van der Waals surface area (Å²) in [6.07, 6.45) is 5.10. The van der Waals surface area contributed by atoms with Crippen LogP contribution in [0.3, 0.4) is 0 Å². The molecule has 1 aromatic carbocycles. The third kappa shape index (κ3) is 4.45. The molecular weight excluding hydrogens is 218 g/mol. The first kappa shape index (κ1) is 13.6. The molecule has 0 unspecified atom stereocenters. The number of hydrogen-bond acceptors (Lipinski definition) is 1. The van der Waals surface area contributed by atoms with E-state index in [4.69, 9.17) is 0 Å². The molecule has 0 saturated carbocycles. The highest BCUT2D eigenvalue weighted by Crippen LogP contribution is 2.22. The van der Waals surface area contributed by atoms with E-state index in [0.29, 0.717) is 5.41 Å². The van der Waals surface area contributed by atoms with Gasteiger partial charge in [0.05, 0.1) is 0 Å². The van der Waals surface area contributed by atoms with Gasteiger partial charge in [0.15, 0.2) is 0 Å². The Morgan fingerprint density at radius 3 is 2.11 bits per heavy atom. The summed E-state index contributed by atoms with van der Waals surface area (Å²) in [4.78, 5) is 0. The van der Waals surface area contributed by atoms with E-state index >= 15 is 0 Å². The minimum Gasteiger partial charge on any atom is -0.317 e. The van der Waals surface area contributed by atoms with E-state index in [2.05, 4.69) is 50.4 Å². The second-order valence-electron chi connectivity index (χ2n) is 6.95. The van der Waals surface area contributed by atoms with Crippen LogP contribution in [0.4, 0.5) is 0 Å². The van der Waals surface area contributed by atoms with Crippen molar-refractivity contribution >= 4 is 0 Å². The standard InChI is InChI=1S/C17H27N/c1-17(2,3)13-16-6-4-14(5-7-16)12-15-8-10-18-11-9-15/h4-7,15,18H,8-13H2,1-3H3. The Labute approximate surface area is 112 Å². The molecule has 1 aromatic rings. The zero-order valence-electron chi connectivity index (χ0n) is 12.1. The first-order chi connectivity index (χ1) is 8.53. The summed E-state index contributed by atoms with van der Waals surface area (Å²) in [5, 5.41) is 3.44. The van der Waals surface area contributed by atoms with Gasteiger partial charge in [-0.1, -0.05) is 45.0 Å². The smallest absolute Gasteiger partial charge is 0.00462 e. The van der Waals surface area contributed by atoms with Crippen LogP contribution in [-0.2, 0) is 12.8 Å². The summed E-state index contributed by atoms with van der Waals surface area (Å²) in [5.74, 6) is 0.889. The summed E-state index contributed by atoms with van der Waals surface area (Å²) >= 11 is 0. The van der Waals surface area contributed by atoms with Crippen molar-refractivity contribution in [2.24, 2.45) is 11.3 Å². The fourth-order valence-corrected chi connectivity index (χ4v) is 2.82. The van der Waals surface area contributed by atoms with E-state index < -0.39 is 0 Å². The zero-order valence-corrected chi connectivity index (χ0v) is 12.1. The Bertz CT molecular complexity index is 352. The Morgan fingerprint density at radius 1 is 1.00 bits per heavy atom. The summed E-state index contributed by atoms with van der Waals surface area (Å²) in [6, 6.07) is 9.32. The monoisotopic (exact) mass is 245 g/mol. The molecule has 0 atom stereocenters. The maximum Gasteiger partial charge on any atom is -0.00462 e. The summed E-state index contributed by atoms with van der Waals surface area (Å²) in [7, 11) is 0. The van der Waals surface area contributed by atoms with Gasteiger partial charge < -0.3 is 5.32 Å². The molecule has 1 aliphatic heterocycles. The largest absolute Gasteiger partial charge is 0.317 e. The number of nitrogens with one attached hydrogen (secondary N) is 1. The van der Waals surface area contributed by atoms with Gasteiger partial charge in [0.1, 0.15) is 0 Å². The molecule has 18 heavy (non-hydrogen) atoms. The van der Waals surface area contributed by atoms with E-state index in [-0.39, 0.29) is 0 Å². The second kappa shape index (κ2) is 5.88. The lowest BCUT2D eigenvalue weighted by Crippen LogP contribution is -2.28. The number of piperidine rings is 1. The molecule has 1 heteroatoms. The van der Waals surface area contributed by atoms with Crippen molar-refractivity contribution in [2.75, 3.05) is 13.1 Å². The van der Waals surface area contributed by atoms with E-state index in [9.17, 15) is 0 Å². The van der Waals surface area contributed by atoms with Gasteiger partial charge in [-0.05, 0) is 61.2 Å². The maximum absolute atomic E-state index is 3.44. The van der Waals surface area contributed by atoms with Gasteiger partial charge in [0.2, 0.25) is 0 Å². The van der Waals surface area contributed by atoms with Crippen LogP contribution in [0.25, 0.3) is 0 Å². The highest BCUT2D eigenvalue weighted by Gasteiger charge is 2.14. The highest BCUT2D eigenvalue weighted by atomic mass is 14.9. The molecule has 1 N–H and O–H groups in total. The summed E-state index contributed by atoms with van der Waals surface area (Å²) in [5.41, 5.74) is 3.37. The zero-order chi connectivity index (χ0) is 13.0. The van der Waals surface area contributed by atoms with Crippen LogP contribution in [0.1, 0.15) is 44.7 Å². The van der Waals surface area contributed by atoms with Gasteiger partial charge >= 0.3 is 0 Å². The van der Waals surface area contributed by atoms with Crippen molar-refractivity contribution in [3.05, 3.63) is 35.4 Å². The SMILES string of the molecule is CC(C)(C)Cc1ccc(CC2CCNCC2)cc1. The fourth-order valence-electron chi connectivity index (χ4n) is 2.82. The molecule has 1 saturated heterocycles. The molecule has 1 nitrogen and oxygen atoms in total. The molecule has 1 heterocycles. The predicted octanol–water partition coefficient (Wildman–Crippen LogP) is 3.82. The minimum absolute atomic E-state index is 0.385. The fraction of sp³-hybridized carbons (Fsp3) is 0.647. The third-order valence-corrected chi connectivity index (χ3v) is 3.74. The first-order valence-corrected chi connectivity index (χ1v) is 7.31. The van der Waals surface area contributed by atoms with Crippen LogP contribution in [0.2, 0.25) is 0 Å². The second-order valence-corrected chi connectivity index (χ2v) is 6.95. The van der Waals surface area contributed by atoms with Crippen molar-refractivity contribution in [1.29, 1.82) is 0 Å². The van der Waals surface area contributed by atoms with E-state index in [1.54, 1.807) is 0 Å². The molecule has 0 aliphatic carbocycles. The van der Waals surface area contributed by atoms with Gasteiger partial charge in [0.25, 0.3) is 0 Å². The number of hydrogen-bond donors (Lipinski definition) is 1. The maximum atomic E-state index is 3.44. The molecule has 0 spiro atoms. The van der Waals surface area contributed by atoms with Crippen LogP contribution in [-0.4, -0.2) is 13.1 Å². The van der Waals surface area contributed by atoms with Crippen LogP contribution >= 0.6 is 0 Å². The van der Waals surface area contributed by atoms with Gasteiger partial charge in [-0.3, -0.25) is 0 Å². The molecule has 0 bridgehead atoms. The normalized spacial score (nSPS) is 17.9. The van der Waals surface area contributed by atoms with E-state index in [0.717, 1.165) is 5.92 Å². The van der Waals surface area contributed by atoms with Crippen LogP contribution in [0, 0.1) is 11.3 Å². The Kier molecular flexibility index (Phi) is 4.45. The first-order valence-electron chi connectivity index (χ1n) is 7.31. The molecular formula is C17H27N. The van der Waals surface area contributed by atoms with E-state index in [1.807, 2.05) is 0 Å². The molecule has 100 valence electrons. The predicted molar refractivity (Wildman–Crippen MR) is 78.9 cm³/mol. The molecule has 0 radical (unpaired) electrons. The van der Waals surface area contributed by atoms with Crippen LogP contribution < -0.4 is 5.32 Å². The van der Waals surface area contributed by atoms with Crippen LogP contribution in [0.5, 0.6) is 0 Å². The minimum atomic E-state index is 0.385. The van der Waals surface area contributed by atoms with Crippen molar-refractivity contribution < 1.29 is 0 Å². The summed E-state index contributed by atoms with van der Waals surface area (Å²) < 4.78 is 0. The highest BCUT2D eigenvalue weighted by molar-refractivity contribution is 5.23. The lowest BCUT2D eigenvalue weighted by molar-refractivity contribution is 0.372. The molecule has 0 aromatic heterocycles. The third-order valence-electron chi connectivity index (χ3n) is 3.74. The molecule has 1 fully saturated rings. The summed E-state index contributed by atoms with van der Waals surface area (Å²) in [6.45, 7) is 9.31. The Morgan fingerprint density at radius 2 is 1.56 bits per heavy atom. The van der Waals surface area contributed by atoms with Crippen molar-refractivity contribution in [3.63, 3.8) is 0 Å². The van der Waals surface area contributed by atoms with Crippen molar-refractivity contribution in [2.45, 2.75) is 46.5 Å². The van der Waals surface area contributed by atoms with Crippen molar-refractivity contribution in [1.82, 2.24) is 5.32 Å². The lowest BCUT2D eigenvalue weighted by atomic mass is 9.87. The molecule has 2 rings (SSSR count). The van der Waals surface area contributed by atoms with Crippen LogP contribution in [0.15, 0.2) is 24.3 Å². The average Bonchev–Trinajstić information content (AvgIpc) is 2.31.